The number of sulfonamides is 1. The van der Waals surface area contributed by atoms with E-state index in [0.29, 0.717) is 17.2 Å². The second kappa shape index (κ2) is 6.73. The number of amides is 1. The number of primary sulfonamides is 1. The molecular formula is C20H18N2O4S2. The fourth-order valence-electron chi connectivity index (χ4n) is 3.12. The predicted octanol–water partition coefficient (Wildman–Crippen LogP) is 3.82. The molecule has 0 spiro atoms. The van der Waals surface area contributed by atoms with Gasteiger partial charge in [0.05, 0.1) is 9.77 Å². The Labute approximate surface area is 167 Å². The number of hydrogen-bond donors (Lipinski definition) is 2. The number of rotatable bonds is 3. The zero-order valence-corrected chi connectivity index (χ0v) is 16.9. The molecule has 8 heteroatoms. The molecule has 1 amide bonds. The van der Waals surface area contributed by atoms with E-state index in [9.17, 15) is 13.2 Å². The number of thiophene rings is 1. The Hall–Kier alpha value is -2.68. The van der Waals surface area contributed by atoms with Crippen LogP contribution in [0.5, 0.6) is 5.75 Å². The number of fused-ring (bicyclic) bond motifs is 3. The molecule has 4 rings (SSSR count). The highest BCUT2D eigenvalue weighted by Gasteiger charge is 2.23. The molecule has 1 aliphatic heterocycles. The Bertz CT molecular complexity index is 1210. The largest absolute Gasteiger partial charge is 0.488 e. The van der Waals surface area contributed by atoms with Crippen LogP contribution in [0.4, 0.5) is 5.69 Å². The van der Waals surface area contributed by atoms with E-state index >= 15 is 0 Å². The minimum atomic E-state index is -3.87. The monoisotopic (exact) mass is 414 g/mol. The molecule has 3 N–H and O–H groups in total. The molecule has 0 radical (unpaired) electrons. The van der Waals surface area contributed by atoms with Gasteiger partial charge in [0.1, 0.15) is 12.4 Å². The van der Waals surface area contributed by atoms with Gasteiger partial charge in [-0.15, -0.1) is 11.3 Å². The van der Waals surface area contributed by atoms with Gasteiger partial charge in [-0.05, 0) is 55.3 Å². The molecule has 1 aromatic heterocycles. The Kier molecular flexibility index (Phi) is 4.49. The molecule has 2 heterocycles. The van der Waals surface area contributed by atoms with Crippen LogP contribution in [0.25, 0.3) is 10.4 Å². The first-order valence-electron chi connectivity index (χ1n) is 8.54. The minimum absolute atomic E-state index is 0.0290. The van der Waals surface area contributed by atoms with Crippen LogP contribution in [0.1, 0.15) is 26.4 Å². The van der Waals surface area contributed by atoms with Gasteiger partial charge in [-0.3, -0.25) is 4.79 Å². The van der Waals surface area contributed by atoms with Crippen LogP contribution in [0, 0.1) is 13.8 Å². The number of carbonyl (C=O) groups excluding carboxylic acids is 1. The topological polar surface area (TPSA) is 98.5 Å². The number of para-hydroxylation sites is 1. The summed E-state index contributed by atoms with van der Waals surface area (Å²) < 4.78 is 29.2. The summed E-state index contributed by atoms with van der Waals surface area (Å²) >= 11 is 1.39. The lowest BCUT2D eigenvalue weighted by atomic mass is 10.1. The number of anilines is 1. The van der Waals surface area contributed by atoms with Gasteiger partial charge in [-0.1, -0.05) is 12.1 Å². The number of nitrogens with two attached hydrogens (primary N) is 1. The third-order valence-corrected chi connectivity index (χ3v) is 6.87. The molecule has 6 nitrogen and oxygen atoms in total. The quantitative estimate of drug-likeness (QED) is 0.680. The number of hydrogen-bond acceptors (Lipinski definition) is 5. The molecule has 144 valence electrons. The number of aryl methyl sites for hydroxylation is 1. The van der Waals surface area contributed by atoms with Gasteiger partial charge in [0.2, 0.25) is 10.0 Å². The third-order valence-electron chi connectivity index (χ3n) is 4.77. The molecule has 0 saturated heterocycles. The van der Waals surface area contributed by atoms with Gasteiger partial charge < -0.3 is 10.1 Å². The van der Waals surface area contributed by atoms with Crippen molar-refractivity contribution in [3.8, 4) is 16.2 Å². The molecule has 3 aromatic rings. The van der Waals surface area contributed by atoms with Crippen LogP contribution in [0.15, 0.2) is 47.4 Å². The first kappa shape index (κ1) is 18.7. The molecule has 0 unspecified atom stereocenters. The Morgan fingerprint density at radius 3 is 2.68 bits per heavy atom. The summed E-state index contributed by atoms with van der Waals surface area (Å²) in [7, 11) is -3.87. The molecule has 0 saturated carbocycles. The van der Waals surface area contributed by atoms with E-state index in [0.717, 1.165) is 32.9 Å². The highest BCUT2D eigenvalue weighted by atomic mass is 32.2. The van der Waals surface area contributed by atoms with Crippen molar-refractivity contribution < 1.29 is 17.9 Å². The predicted molar refractivity (Wildman–Crippen MR) is 109 cm³/mol. The summed E-state index contributed by atoms with van der Waals surface area (Å²) in [5.41, 5.74) is 3.87. The molecule has 0 fully saturated rings. The summed E-state index contributed by atoms with van der Waals surface area (Å²) in [6.07, 6.45) is 0. The van der Waals surface area contributed by atoms with Crippen molar-refractivity contribution in [1.82, 2.24) is 0 Å². The maximum Gasteiger partial charge on any atom is 0.265 e. The molecule has 0 bridgehead atoms. The fraction of sp³-hybridized carbons (Fsp3) is 0.150. The van der Waals surface area contributed by atoms with Crippen molar-refractivity contribution in [2.24, 2.45) is 5.14 Å². The Morgan fingerprint density at radius 2 is 1.93 bits per heavy atom. The van der Waals surface area contributed by atoms with Gasteiger partial charge >= 0.3 is 0 Å². The molecule has 0 aliphatic carbocycles. The smallest absolute Gasteiger partial charge is 0.265 e. The van der Waals surface area contributed by atoms with Crippen molar-refractivity contribution in [3.63, 3.8) is 0 Å². The van der Waals surface area contributed by atoms with Crippen molar-refractivity contribution in [2.75, 3.05) is 5.32 Å². The van der Waals surface area contributed by atoms with E-state index in [1.807, 2.05) is 37.3 Å². The second-order valence-corrected chi connectivity index (χ2v) is 9.28. The van der Waals surface area contributed by atoms with E-state index in [1.165, 1.54) is 23.5 Å². The van der Waals surface area contributed by atoms with Crippen LogP contribution < -0.4 is 15.2 Å². The van der Waals surface area contributed by atoms with Crippen molar-refractivity contribution in [3.05, 3.63) is 64.0 Å². The average molecular weight is 415 g/mol. The van der Waals surface area contributed by atoms with E-state index < -0.39 is 10.0 Å². The van der Waals surface area contributed by atoms with Crippen LogP contribution in [-0.4, -0.2) is 14.3 Å². The van der Waals surface area contributed by atoms with Crippen molar-refractivity contribution in [1.29, 1.82) is 0 Å². The first-order chi connectivity index (χ1) is 13.2. The highest BCUT2D eigenvalue weighted by molar-refractivity contribution is 7.89. The van der Waals surface area contributed by atoms with Crippen LogP contribution in [-0.2, 0) is 16.6 Å². The highest BCUT2D eigenvalue weighted by Crippen LogP contribution is 2.42. The van der Waals surface area contributed by atoms with Crippen LogP contribution >= 0.6 is 11.3 Å². The first-order valence-corrected chi connectivity index (χ1v) is 10.9. The van der Waals surface area contributed by atoms with E-state index in [1.54, 1.807) is 6.92 Å². The maximum atomic E-state index is 12.8. The van der Waals surface area contributed by atoms with Crippen molar-refractivity contribution in [2.45, 2.75) is 25.3 Å². The van der Waals surface area contributed by atoms with Crippen LogP contribution in [0.3, 0.4) is 0 Å². The van der Waals surface area contributed by atoms with Crippen LogP contribution in [0.2, 0.25) is 0 Å². The molecule has 0 atom stereocenters. The van der Waals surface area contributed by atoms with E-state index in [-0.39, 0.29) is 10.8 Å². The molecule has 1 aliphatic rings. The third kappa shape index (κ3) is 3.30. The number of carbonyl (C=O) groups is 1. The van der Waals surface area contributed by atoms with Gasteiger partial charge in [-0.2, -0.15) is 0 Å². The Morgan fingerprint density at radius 1 is 1.18 bits per heavy atom. The molecule has 28 heavy (non-hydrogen) atoms. The standard InChI is InChI=1S/C20H18N2O4S2/c1-11-7-14(28(21,24)25)9-16(12(11)2)22-20(23)18-8-13-10-26-17-6-4-3-5-15(17)19(13)27-18/h3-9H,10H2,1-2H3,(H,22,23)(H2,21,24,25). The van der Waals surface area contributed by atoms with Gasteiger partial charge in [-0.25, -0.2) is 13.6 Å². The van der Waals surface area contributed by atoms with Crippen molar-refractivity contribution >= 4 is 33.0 Å². The minimum Gasteiger partial charge on any atom is -0.488 e. The zero-order chi connectivity index (χ0) is 20.1. The maximum absolute atomic E-state index is 12.8. The lowest BCUT2D eigenvalue weighted by Crippen LogP contribution is -2.16. The van der Waals surface area contributed by atoms with E-state index in [2.05, 4.69) is 5.32 Å². The van der Waals surface area contributed by atoms with Gasteiger partial charge in [0.15, 0.2) is 0 Å². The SMILES string of the molecule is Cc1cc(S(N)(=O)=O)cc(NC(=O)c2cc3c(s2)-c2ccccc2OC3)c1C. The number of ether oxygens (including phenoxy) is 1. The Balaban J connectivity index is 1.68. The lowest BCUT2D eigenvalue weighted by molar-refractivity contribution is 0.103. The average Bonchev–Trinajstić information content (AvgIpc) is 3.09. The summed E-state index contributed by atoms with van der Waals surface area (Å²) in [6.45, 7) is 4.01. The normalized spacial score (nSPS) is 12.7. The summed E-state index contributed by atoms with van der Waals surface area (Å²) in [4.78, 5) is 14.4. The second-order valence-electron chi connectivity index (χ2n) is 6.66. The van der Waals surface area contributed by atoms with E-state index in [4.69, 9.17) is 9.88 Å². The summed E-state index contributed by atoms with van der Waals surface area (Å²) in [5, 5.41) is 8.07. The molecule has 2 aromatic carbocycles. The summed E-state index contributed by atoms with van der Waals surface area (Å²) in [6, 6.07) is 12.4. The number of nitrogens with one attached hydrogen (secondary N) is 1. The van der Waals surface area contributed by atoms with Gasteiger partial charge in [0, 0.05) is 21.7 Å². The summed E-state index contributed by atoms with van der Waals surface area (Å²) in [5.74, 6) is 0.502. The van der Waals surface area contributed by atoms with Gasteiger partial charge in [0.25, 0.3) is 5.91 Å². The molecular weight excluding hydrogens is 396 g/mol. The number of benzene rings is 2. The lowest BCUT2D eigenvalue weighted by Gasteiger charge is -2.16. The zero-order valence-electron chi connectivity index (χ0n) is 15.3. The fourth-order valence-corrected chi connectivity index (χ4v) is 4.83.